The standard InChI is InChI=1S/C16H20F3N3O/c1-20-15(22-12-6-2-3-7-12)21-10-11-23-14-9-5-4-8-13(14)16(17,18)19/h2-5,8-9,12H,6-7,10-11H2,1H3,(H2,20,21,22). The zero-order valence-corrected chi connectivity index (χ0v) is 12.9. The molecule has 126 valence electrons. The van der Waals surface area contributed by atoms with Crippen LogP contribution in [-0.2, 0) is 6.18 Å². The van der Waals surface area contributed by atoms with Gasteiger partial charge >= 0.3 is 6.18 Å². The van der Waals surface area contributed by atoms with Gasteiger partial charge in [-0.1, -0.05) is 24.3 Å². The Balaban J connectivity index is 1.79. The van der Waals surface area contributed by atoms with Crippen molar-refractivity contribution in [2.75, 3.05) is 20.2 Å². The lowest BCUT2D eigenvalue weighted by atomic mass is 10.2. The first-order valence-corrected chi connectivity index (χ1v) is 7.42. The summed E-state index contributed by atoms with van der Waals surface area (Å²) in [6, 6.07) is 5.50. The Bertz CT molecular complexity index is 562. The molecule has 1 aliphatic rings. The van der Waals surface area contributed by atoms with E-state index in [1.807, 2.05) is 0 Å². The molecule has 4 nitrogen and oxygen atoms in total. The number of rotatable bonds is 5. The predicted octanol–water partition coefficient (Wildman–Crippen LogP) is 2.97. The highest BCUT2D eigenvalue weighted by atomic mass is 19.4. The van der Waals surface area contributed by atoms with Crippen molar-refractivity contribution in [3.63, 3.8) is 0 Å². The summed E-state index contributed by atoms with van der Waals surface area (Å²) in [6.45, 7) is 0.461. The monoisotopic (exact) mass is 327 g/mol. The molecule has 7 heteroatoms. The second kappa shape index (κ2) is 7.89. The van der Waals surface area contributed by atoms with Crippen LogP contribution in [0.15, 0.2) is 41.4 Å². The smallest absolute Gasteiger partial charge is 0.419 e. The zero-order valence-electron chi connectivity index (χ0n) is 12.9. The number of nitrogens with zero attached hydrogens (tertiary/aromatic N) is 1. The van der Waals surface area contributed by atoms with Crippen LogP contribution in [0.5, 0.6) is 5.75 Å². The van der Waals surface area contributed by atoms with E-state index in [0.29, 0.717) is 18.5 Å². The summed E-state index contributed by atoms with van der Waals surface area (Å²) < 4.78 is 43.8. The molecule has 0 saturated heterocycles. The van der Waals surface area contributed by atoms with Crippen LogP contribution in [0, 0.1) is 0 Å². The van der Waals surface area contributed by atoms with Crippen molar-refractivity contribution in [2.45, 2.75) is 25.1 Å². The highest BCUT2D eigenvalue weighted by Crippen LogP contribution is 2.35. The molecule has 0 bridgehead atoms. The molecule has 0 heterocycles. The number of halogens is 3. The molecule has 2 N–H and O–H groups in total. The third kappa shape index (κ3) is 5.19. The Morgan fingerprint density at radius 2 is 1.96 bits per heavy atom. The van der Waals surface area contributed by atoms with E-state index in [1.54, 1.807) is 7.05 Å². The molecule has 0 radical (unpaired) electrons. The lowest BCUT2D eigenvalue weighted by Crippen LogP contribution is -2.43. The van der Waals surface area contributed by atoms with Gasteiger partial charge in [0, 0.05) is 13.1 Å². The van der Waals surface area contributed by atoms with Crippen LogP contribution in [0.25, 0.3) is 0 Å². The van der Waals surface area contributed by atoms with Crippen molar-refractivity contribution in [1.29, 1.82) is 0 Å². The number of hydrogen-bond acceptors (Lipinski definition) is 2. The Morgan fingerprint density at radius 1 is 1.26 bits per heavy atom. The van der Waals surface area contributed by atoms with Gasteiger partial charge < -0.3 is 15.4 Å². The molecule has 0 amide bonds. The molecule has 1 aromatic rings. The molecule has 0 saturated carbocycles. The van der Waals surface area contributed by atoms with E-state index in [-0.39, 0.29) is 12.4 Å². The molecule has 0 unspecified atom stereocenters. The first-order valence-electron chi connectivity index (χ1n) is 7.42. The average Bonchev–Trinajstić information content (AvgIpc) is 3.02. The van der Waals surface area contributed by atoms with Gasteiger partial charge in [-0.15, -0.1) is 0 Å². The van der Waals surface area contributed by atoms with E-state index in [0.717, 1.165) is 18.9 Å². The summed E-state index contributed by atoms with van der Waals surface area (Å²) in [5, 5.41) is 6.27. The van der Waals surface area contributed by atoms with Crippen LogP contribution in [0.3, 0.4) is 0 Å². The molecule has 2 rings (SSSR count). The van der Waals surface area contributed by atoms with Gasteiger partial charge in [-0.3, -0.25) is 4.99 Å². The van der Waals surface area contributed by atoms with Gasteiger partial charge in [-0.05, 0) is 25.0 Å². The second-order valence-electron chi connectivity index (χ2n) is 5.13. The summed E-state index contributed by atoms with van der Waals surface area (Å²) in [5.74, 6) is 0.455. The van der Waals surface area contributed by atoms with Crippen LogP contribution in [-0.4, -0.2) is 32.2 Å². The molecular formula is C16H20F3N3O. The number of ether oxygens (including phenoxy) is 1. The van der Waals surface area contributed by atoms with Crippen LogP contribution in [0.4, 0.5) is 13.2 Å². The van der Waals surface area contributed by atoms with E-state index in [4.69, 9.17) is 4.74 Å². The molecule has 0 atom stereocenters. The zero-order chi connectivity index (χ0) is 16.7. The number of nitrogens with one attached hydrogen (secondary N) is 2. The fourth-order valence-corrected chi connectivity index (χ4v) is 2.28. The van der Waals surface area contributed by atoms with E-state index in [2.05, 4.69) is 27.8 Å². The van der Waals surface area contributed by atoms with Crippen molar-refractivity contribution < 1.29 is 17.9 Å². The molecule has 0 spiro atoms. The number of hydrogen-bond donors (Lipinski definition) is 2. The van der Waals surface area contributed by atoms with Gasteiger partial charge in [-0.2, -0.15) is 13.2 Å². The predicted molar refractivity (Wildman–Crippen MR) is 83.6 cm³/mol. The van der Waals surface area contributed by atoms with Crippen molar-refractivity contribution >= 4 is 5.96 Å². The normalized spacial score (nSPS) is 15.7. The maximum Gasteiger partial charge on any atom is 0.419 e. The van der Waals surface area contributed by atoms with Gasteiger partial charge in [0.15, 0.2) is 5.96 Å². The van der Waals surface area contributed by atoms with Crippen LogP contribution in [0.2, 0.25) is 0 Å². The third-order valence-corrected chi connectivity index (χ3v) is 3.42. The van der Waals surface area contributed by atoms with Crippen molar-refractivity contribution in [1.82, 2.24) is 10.6 Å². The molecule has 0 fully saturated rings. The molecule has 0 aliphatic heterocycles. The summed E-state index contributed by atoms with van der Waals surface area (Å²) in [4.78, 5) is 4.08. The summed E-state index contributed by atoms with van der Waals surface area (Å²) in [5.41, 5.74) is -0.764. The first-order chi connectivity index (χ1) is 11.0. The highest BCUT2D eigenvalue weighted by molar-refractivity contribution is 5.80. The van der Waals surface area contributed by atoms with Gasteiger partial charge in [0.2, 0.25) is 0 Å². The highest BCUT2D eigenvalue weighted by Gasteiger charge is 2.33. The maximum atomic E-state index is 12.8. The average molecular weight is 327 g/mol. The Kier molecular flexibility index (Phi) is 5.90. The molecule has 23 heavy (non-hydrogen) atoms. The minimum absolute atomic E-state index is 0.108. The van der Waals surface area contributed by atoms with E-state index < -0.39 is 11.7 Å². The van der Waals surface area contributed by atoms with Crippen molar-refractivity contribution in [3.8, 4) is 5.75 Å². The van der Waals surface area contributed by atoms with Crippen LogP contribution < -0.4 is 15.4 Å². The van der Waals surface area contributed by atoms with Gasteiger partial charge in [0.05, 0.1) is 12.1 Å². The second-order valence-corrected chi connectivity index (χ2v) is 5.13. The van der Waals surface area contributed by atoms with Gasteiger partial charge in [0.25, 0.3) is 0 Å². The Morgan fingerprint density at radius 3 is 2.61 bits per heavy atom. The van der Waals surface area contributed by atoms with E-state index in [1.165, 1.54) is 18.2 Å². The quantitative estimate of drug-likeness (QED) is 0.378. The van der Waals surface area contributed by atoms with Gasteiger partial charge in [-0.25, -0.2) is 0 Å². The van der Waals surface area contributed by atoms with Gasteiger partial charge in [0.1, 0.15) is 12.4 Å². The lowest BCUT2D eigenvalue weighted by Gasteiger charge is -2.17. The van der Waals surface area contributed by atoms with E-state index >= 15 is 0 Å². The fraction of sp³-hybridized carbons (Fsp3) is 0.438. The minimum atomic E-state index is -4.42. The van der Waals surface area contributed by atoms with Crippen molar-refractivity contribution in [2.24, 2.45) is 4.99 Å². The molecule has 1 aromatic carbocycles. The number of para-hydroxylation sites is 1. The van der Waals surface area contributed by atoms with Crippen LogP contribution >= 0.6 is 0 Å². The fourth-order valence-electron chi connectivity index (χ4n) is 2.28. The summed E-state index contributed by atoms with van der Waals surface area (Å²) >= 11 is 0. The van der Waals surface area contributed by atoms with Crippen LogP contribution in [0.1, 0.15) is 18.4 Å². The molecular weight excluding hydrogens is 307 g/mol. The number of guanidine groups is 1. The lowest BCUT2D eigenvalue weighted by molar-refractivity contribution is -0.138. The third-order valence-electron chi connectivity index (χ3n) is 3.42. The topological polar surface area (TPSA) is 45.7 Å². The SMILES string of the molecule is CN=C(NCCOc1ccccc1C(F)(F)F)NC1CC=CC1. The van der Waals surface area contributed by atoms with E-state index in [9.17, 15) is 13.2 Å². The number of alkyl halides is 3. The minimum Gasteiger partial charge on any atom is -0.491 e. The molecule has 0 aromatic heterocycles. The Hall–Kier alpha value is -2.18. The number of aliphatic imine (C=N–C) groups is 1. The molecule has 1 aliphatic carbocycles. The summed E-state index contributed by atoms with van der Waals surface area (Å²) in [6.07, 6.45) is 1.66. The number of benzene rings is 1. The largest absolute Gasteiger partial charge is 0.491 e. The van der Waals surface area contributed by atoms with Crippen molar-refractivity contribution in [3.05, 3.63) is 42.0 Å². The maximum absolute atomic E-state index is 12.8. The first kappa shape index (κ1) is 17.2. The Labute approximate surface area is 133 Å². The summed E-state index contributed by atoms with van der Waals surface area (Å²) in [7, 11) is 1.65.